The third-order valence-electron chi connectivity index (χ3n) is 3.89. The van der Waals surface area contributed by atoms with E-state index in [2.05, 4.69) is 4.74 Å². The number of aromatic hydroxyl groups is 1. The summed E-state index contributed by atoms with van der Waals surface area (Å²) in [7, 11) is 0. The Bertz CT molecular complexity index is 901. The summed E-state index contributed by atoms with van der Waals surface area (Å²) in [6.07, 6.45) is -2.12. The Morgan fingerprint density at radius 1 is 1.12 bits per heavy atom. The maximum Gasteiger partial charge on any atom is 0.573 e. The fourth-order valence-corrected chi connectivity index (χ4v) is 3.05. The molecule has 2 aromatic carbocycles. The van der Waals surface area contributed by atoms with Gasteiger partial charge in [0.1, 0.15) is 5.75 Å². The summed E-state index contributed by atoms with van der Waals surface area (Å²) >= 11 is 6.25. The molecule has 0 aliphatic rings. The predicted molar refractivity (Wildman–Crippen MR) is 90.2 cm³/mol. The van der Waals surface area contributed by atoms with Gasteiger partial charge in [-0.05, 0) is 41.8 Å². The van der Waals surface area contributed by atoms with Crippen LogP contribution in [0, 0.1) is 0 Å². The summed E-state index contributed by atoms with van der Waals surface area (Å²) < 4.78 is 42.0. The van der Waals surface area contributed by atoms with E-state index < -0.39 is 6.36 Å². The van der Waals surface area contributed by atoms with E-state index in [-0.39, 0.29) is 11.6 Å². The van der Waals surface area contributed by atoms with Gasteiger partial charge in [0.05, 0.1) is 17.0 Å². The van der Waals surface area contributed by atoms with Gasteiger partial charge in [-0.1, -0.05) is 30.7 Å². The Kier molecular flexibility index (Phi) is 4.56. The highest BCUT2D eigenvalue weighted by atomic mass is 35.5. The molecule has 1 N–H and O–H groups in total. The van der Waals surface area contributed by atoms with Crippen LogP contribution in [-0.2, 0) is 13.0 Å². The molecule has 0 unspecified atom stereocenters. The van der Waals surface area contributed by atoms with Crippen molar-refractivity contribution in [3.63, 3.8) is 0 Å². The number of hydrogen-bond acceptors (Lipinski definition) is 2. The molecule has 0 aliphatic heterocycles. The number of rotatable bonds is 4. The van der Waals surface area contributed by atoms with Crippen LogP contribution in [0.1, 0.15) is 18.1 Å². The molecule has 0 fully saturated rings. The lowest BCUT2D eigenvalue weighted by molar-refractivity contribution is -0.274. The second-order valence-corrected chi connectivity index (χ2v) is 6.07. The van der Waals surface area contributed by atoms with Gasteiger partial charge >= 0.3 is 6.36 Å². The molecular weight excluding hydrogens is 355 g/mol. The highest BCUT2D eigenvalue weighted by molar-refractivity contribution is 6.36. The first-order valence-electron chi connectivity index (χ1n) is 7.61. The lowest BCUT2D eigenvalue weighted by Crippen LogP contribution is -2.17. The standard InChI is InChI=1S/C18H15ClF3NO2/c1-2-11-7-13-10-23(17(24)16(13)15(19)8-11)9-12-3-5-14(6-4-12)25-18(20,21)22/h3-8,10,24H,2,9H2,1H3. The average Bonchev–Trinajstić information content (AvgIpc) is 2.84. The van der Waals surface area contributed by atoms with Crippen LogP contribution in [0.25, 0.3) is 10.8 Å². The SMILES string of the molecule is CCc1cc(Cl)c2c(O)n(Cc3ccc(OC(F)(F)F)cc3)cc2c1. The second kappa shape index (κ2) is 6.52. The third-order valence-corrected chi connectivity index (χ3v) is 4.19. The Hall–Kier alpha value is -2.34. The van der Waals surface area contributed by atoms with E-state index in [1.807, 2.05) is 19.1 Å². The molecule has 0 spiro atoms. The van der Waals surface area contributed by atoms with E-state index in [1.54, 1.807) is 10.8 Å². The zero-order chi connectivity index (χ0) is 18.2. The first kappa shape index (κ1) is 17.5. The molecule has 0 atom stereocenters. The van der Waals surface area contributed by atoms with Gasteiger partial charge in [0.2, 0.25) is 5.88 Å². The van der Waals surface area contributed by atoms with Crippen molar-refractivity contribution in [2.24, 2.45) is 0 Å². The summed E-state index contributed by atoms with van der Waals surface area (Å²) in [5.41, 5.74) is 1.78. The van der Waals surface area contributed by atoms with Crippen LogP contribution in [0.2, 0.25) is 5.02 Å². The Morgan fingerprint density at radius 2 is 1.80 bits per heavy atom. The molecule has 7 heteroatoms. The predicted octanol–water partition coefficient (Wildman–Crippen LogP) is 5.51. The molecule has 0 bridgehead atoms. The molecule has 0 saturated carbocycles. The summed E-state index contributed by atoms with van der Waals surface area (Å²) in [5, 5.41) is 12.3. The summed E-state index contributed by atoms with van der Waals surface area (Å²) in [5.74, 6) is -0.257. The summed E-state index contributed by atoms with van der Waals surface area (Å²) in [4.78, 5) is 0. The quantitative estimate of drug-likeness (QED) is 0.658. The first-order chi connectivity index (χ1) is 11.8. The van der Waals surface area contributed by atoms with E-state index in [4.69, 9.17) is 11.6 Å². The van der Waals surface area contributed by atoms with Crippen molar-refractivity contribution in [1.29, 1.82) is 0 Å². The Balaban J connectivity index is 1.88. The number of fused-ring (bicyclic) bond motifs is 1. The molecule has 25 heavy (non-hydrogen) atoms. The molecule has 1 heterocycles. The van der Waals surface area contributed by atoms with E-state index in [0.29, 0.717) is 17.0 Å². The Labute approximate surface area is 147 Å². The zero-order valence-corrected chi connectivity index (χ0v) is 14.0. The minimum absolute atomic E-state index is 0.0262. The van der Waals surface area contributed by atoms with Gasteiger partial charge < -0.3 is 14.4 Å². The molecule has 0 saturated heterocycles. The monoisotopic (exact) mass is 369 g/mol. The van der Waals surface area contributed by atoms with Crippen molar-refractivity contribution in [2.45, 2.75) is 26.3 Å². The van der Waals surface area contributed by atoms with Gasteiger partial charge in [-0.25, -0.2) is 0 Å². The van der Waals surface area contributed by atoms with Gasteiger partial charge in [0.25, 0.3) is 0 Å². The Morgan fingerprint density at radius 3 is 2.40 bits per heavy atom. The van der Waals surface area contributed by atoms with Crippen molar-refractivity contribution in [3.05, 3.63) is 58.7 Å². The number of ether oxygens (including phenoxy) is 1. The average molecular weight is 370 g/mol. The summed E-state index contributed by atoms with van der Waals surface area (Å²) in [6, 6.07) is 9.29. The van der Waals surface area contributed by atoms with Crippen LogP contribution in [-0.4, -0.2) is 16.0 Å². The number of hydrogen-bond donors (Lipinski definition) is 1. The second-order valence-electron chi connectivity index (χ2n) is 5.67. The molecule has 1 aromatic heterocycles. The molecule has 0 radical (unpaired) electrons. The minimum Gasteiger partial charge on any atom is -0.494 e. The molecule has 0 amide bonds. The number of aryl methyl sites for hydroxylation is 1. The van der Waals surface area contributed by atoms with Gasteiger partial charge in [-0.3, -0.25) is 0 Å². The molecule has 3 nitrogen and oxygen atoms in total. The van der Waals surface area contributed by atoms with Crippen molar-refractivity contribution in [3.8, 4) is 11.6 Å². The van der Waals surface area contributed by atoms with Crippen LogP contribution in [0.5, 0.6) is 11.6 Å². The number of nitrogens with zero attached hydrogens (tertiary/aromatic N) is 1. The number of alkyl halides is 3. The highest BCUT2D eigenvalue weighted by Crippen LogP contribution is 2.35. The number of benzene rings is 2. The van der Waals surface area contributed by atoms with Crippen LogP contribution < -0.4 is 4.74 Å². The number of halogens is 4. The van der Waals surface area contributed by atoms with Crippen molar-refractivity contribution in [2.75, 3.05) is 0 Å². The van der Waals surface area contributed by atoms with Gasteiger partial charge in [0.15, 0.2) is 0 Å². The largest absolute Gasteiger partial charge is 0.573 e. The minimum atomic E-state index is -4.72. The van der Waals surface area contributed by atoms with Crippen molar-refractivity contribution < 1.29 is 23.0 Å². The molecule has 0 aliphatic carbocycles. The molecule has 132 valence electrons. The topological polar surface area (TPSA) is 34.4 Å². The molecule has 3 aromatic rings. The lowest BCUT2D eigenvalue weighted by atomic mass is 10.1. The normalized spacial score (nSPS) is 11.9. The maximum atomic E-state index is 12.2. The number of aromatic nitrogens is 1. The smallest absolute Gasteiger partial charge is 0.494 e. The lowest BCUT2D eigenvalue weighted by Gasteiger charge is -2.10. The van der Waals surface area contributed by atoms with Gasteiger partial charge in [0, 0.05) is 11.6 Å². The fraction of sp³-hybridized carbons (Fsp3) is 0.222. The van der Waals surface area contributed by atoms with Gasteiger partial charge in [-0.15, -0.1) is 13.2 Å². The molecule has 3 rings (SSSR count). The van der Waals surface area contributed by atoms with E-state index in [9.17, 15) is 18.3 Å². The maximum absolute atomic E-state index is 12.2. The van der Waals surface area contributed by atoms with Crippen molar-refractivity contribution >= 4 is 22.4 Å². The van der Waals surface area contributed by atoms with Crippen LogP contribution in [0.15, 0.2) is 42.6 Å². The fourth-order valence-electron chi connectivity index (χ4n) is 2.71. The highest BCUT2D eigenvalue weighted by Gasteiger charge is 2.30. The van der Waals surface area contributed by atoms with E-state index >= 15 is 0 Å². The summed E-state index contributed by atoms with van der Waals surface area (Å²) in [6.45, 7) is 2.31. The first-order valence-corrected chi connectivity index (χ1v) is 7.99. The molecular formula is C18H15ClF3NO2. The van der Waals surface area contributed by atoms with Gasteiger partial charge in [-0.2, -0.15) is 0 Å². The van der Waals surface area contributed by atoms with Crippen LogP contribution in [0.4, 0.5) is 13.2 Å². The van der Waals surface area contributed by atoms with Crippen LogP contribution >= 0.6 is 11.6 Å². The van der Waals surface area contributed by atoms with Crippen molar-refractivity contribution in [1.82, 2.24) is 4.57 Å². The van der Waals surface area contributed by atoms with E-state index in [1.165, 1.54) is 24.3 Å². The zero-order valence-electron chi connectivity index (χ0n) is 13.3. The van der Waals surface area contributed by atoms with E-state index in [0.717, 1.165) is 22.9 Å². The third kappa shape index (κ3) is 3.85. The van der Waals surface area contributed by atoms with Crippen LogP contribution in [0.3, 0.4) is 0 Å².